The number of nitrogens with zero attached hydrogens (tertiary/aromatic N) is 1. The molecule has 5 nitrogen and oxygen atoms in total. The topological polar surface area (TPSA) is 64.8 Å². The lowest BCUT2D eigenvalue weighted by molar-refractivity contribution is -0.150. The van der Waals surface area contributed by atoms with Crippen molar-refractivity contribution in [2.75, 3.05) is 26.2 Å². The minimum Gasteiger partial charge on any atom is -0.370 e. The SMILES string of the molecule is Cl.NC[C@H]1CC[C@@H](C(=O)N2CCOC(c3ccc(F)c(Cl)c3)C2)O1. The van der Waals surface area contributed by atoms with Gasteiger partial charge in [0.15, 0.2) is 0 Å². The van der Waals surface area contributed by atoms with Gasteiger partial charge in [-0.25, -0.2) is 4.39 Å². The van der Waals surface area contributed by atoms with Gasteiger partial charge in [-0.05, 0) is 30.5 Å². The Hall–Kier alpha value is -0.920. The van der Waals surface area contributed by atoms with E-state index in [9.17, 15) is 9.18 Å². The maximum atomic E-state index is 13.3. The van der Waals surface area contributed by atoms with Gasteiger partial charge in [-0.2, -0.15) is 0 Å². The summed E-state index contributed by atoms with van der Waals surface area (Å²) in [4.78, 5) is 14.3. The molecule has 2 aliphatic rings. The van der Waals surface area contributed by atoms with E-state index < -0.39 is 11.9 Å². The summed E-state index contributed by atoms with van der Waals surface area (Å²) in [5.74, 6) is -0.492. The molecular weight excluding hydrogens is 358 g/mol. The van der Waals surface area contributed by atoms with Crippen molar-refractivity contribution in [2.24, 2.45) is 5.73 Å². The molecule has 1 amide bonds. The number of benzene rings is 1. The fourth-order valence-corrected chi connectivity index (χ4v) is 3.22. The van der Waals surface area contributed by atoms with Crippen molar-refractivity contribution in [3.63, 3.8) is 0 Å². The maximum Gasteiger partial charge on any atom is 0.251 e. The molecule has 0 spiro atoms. The summed E-state index contributed by atoms with van der Waals surface area (Å²) < 4.78 is 24.7. The first kappa shape index (κ1) is 19.4. The Morgan fingerprint density at radius 3 is 2.88 bits per heavy atom. The smallest absolute Gasteiger partial charge is 0.251 e. The van der Waals surface area contributed by atoms with Gasteiger partial charge < -0.3 is 20.1 Å². The highest BCUT2D eigenvalue weighted by atomic mass is 35.5. The number of hydrogen-bond donors (Lipinski definition) is 1. The first-order valence-electron chi connectivity index (χ1n) is 7.79. The van der Waals surface area contributed by atoms with Crippen LogP contribution in [0.1, 0.15) is 24.5 Å². The molecule has 2 heterocycles. The minimum absolute atomic E-state index is 0. The molecule has 0 bridgehead atoms. The van der Waals surface area contributed by atoms with Crippen molar-refractivity contribution in [1.29, 1.82) is 0 Å². The molecule has 0 aromatic heterocycles. The number of carbonyl (C=O) groups excluding carboxylic acids is 1. The standard InChI is InChI=1S/C16H20ClFN2O3.ClH/c17-12-7-10(1-3-13(12)18)15-9-20(5-6-22-15)16(21)14-4-2-11(8-19)23-14;/h1,3,7,11,14-15H,2,4-6,8-9,19H2;1H/t11-,14+,15?;/m1./s1. The minimum atomic E-state index is -0.466. The molecule has 0 aliphatic carbocycles. The lowest BCUT2D eigenvalue weighted by atomic mass is 10.1. The Kier molecular flexibility index (Phi) is 6.83. The third-order valence-corrected chi connectivity index (χ3v) is 4.63. The van der Waals surface area contributed by atoms with Crippen LogP contribution in [0.25, 0.3) is 0 Å². The second-order valence-electron chi connectivity index (χ2n) is 5.88. The Morgan fingerprint density at radius 1 is 1.42 bits per heavy atom. The molecule has 24 heavy (non-hydrogen) atoms. The monoisotopic (exact) mass is 378 g/mol. The molecular formula is C16H21Cl2FN2O3. The number of hydrogen-bond acceptors (Lipinski definition) is 4. The highest BCUT2D eigenvalue weighted by molar-refractivity contribution is 6.30. The van der Waals surface area contributed by atoms with Crippen LogP contribution in [-0.2, 0) is 14.3 Å². The molecule has 8 heteroatoms. The van der Waals surface area contributed by atoms with Crippen molar-refractivity contribution in [2.45, 2.75) is 31.2 Å². The summed E-state index contributed by atoms with van der Waals surface area (Å²) in [6.07, 6.45) is 0.757. The van der Waals surface area contributed by atoms with Crippen molar-refractivity contribution < 1.29 is 18.7 Å². The molecule has 2 saturated heterocycles. The van der Waals surface area contributed by atoms with E-state index in [0.717, 1.165) is 12.0 Å². The fourth-order valence-electron chi connectivity index (χ4n) is 3.03. The average Bonchev–Trinajstić information content (AvgIpc) is 3.06. The Balaban J connectivity index is 0.00000208. The third kappa shape index (κ3) is 4.18. The number of morpholine rings is 1. The van der Waals surface area contributed by atoms with Gasteiger partial charge in [0.25, 0.3) is 5.91 Å². The van der Waals surface area contributed by atoms with Gasteiger partial charge in [0.1, 0.15) is 18.0 Å². The number of nitrogens with two attached hydrogens (primary N) is 1. The van der Waals surface area contributed by atoms with Crippen molar-refractivity contribution >= 4 is 29.9 Å². The average molecular weight is 379 g/mol. The van der Waals surface area contributed by atoms with Crippen LogP contribution in [0.4, 0.5) is 4.39 Å². The van der Waals surface area contributed by atoms with Crippen LogP contribution in [0.5, 0.6) is 0 Å². The summed E-state index contributed by atoms with van der Waals surface area (Å²) in [6, 6.07) is 4.50. The van der Waals surface area contributed by atoms with Crippen molar-refractivity contribution in [3.05, 3.63) is 34.6 Å². The molecule has 1 unspecified atom stereocenters. The van der Waals surface area contributed by atoms with Crippen LogP contribution < -0.4 is 5.73 Å². The second-order valence-corrected chi connectivity index (χ2v) is 6.28. The van der Waals surface area contributed by atoms with Crippen LogP contribution in [0.2, 0.25) is 5.02 Å². The van der Waals surface area contributed by atoms with E-state index in [0.29, 0.717) is 32.7 Å². The molecule has 2 fully saturated rings. The Morgan fingerprint density at radius 2 is 2.21 bits per heavy atom. The zero-order valence-electron chi connectivity index (χ0n) is 13.1. The van der Waals surface area contributed by atoms with Gasteiger partial charge in [-0.1, -0.05) is 17.7 Å². The molecule has 1 aromatic rings. The van der Waals surface area contributed by atoms with Gasteiger partial charge in [-0.3, -0.25) is 4.79 Å². The van der Waals surface area contributed by atoms with Gasteiger partial charge in [0, 0.05) is 13.1 Å². The van der Waals surface area contributed by atoms with E-state index in [-0.39, 0.29) is 35.5 Å². The second kappa shape index (κ2) is 8.45. The predicted octanol–water partition coefficient (Wildman–Crippen LogP) is 2.31. The van der Waals surface area contributed by atoms with Crippen LogP contribution in [-0.4, -0.2) is 49.3 Å². The van der Waals surface area contributed by atoms with Crippen LogP contribution in [0.3, 0.4) is 0 Å². The first-order valence-corrected chi connectivity index (χ1v) is 8.17. The summed E-state index contributed by atoms with van der Waals surface area (Å²) in [5, 5.41) is 0.0551. The number of ether oxygens (including phenoxy) is 2. The number of carbonyl (C=O) groups is 1. The van der Waals surface area contributed by atoms with Crippen LogP contribution in [0.15, 0.2) is 18.2 Å². The lowest BCUT2D eigenvalue weighted by Crippen LogP contribution is -2.46. The third-order valence-electron chi connectivity index (χ3n) is 4.34. The summed E-state index contributed by atoms with van der Waals surface area (Å²) in [5.41, 5.74) is 6.35. The summed E-state index contributed by atoms with van der Waals surface area (Å²) >= 11 is 5.82. The fraction of sp³-hybridized carbons (Fsp3) is 0.562. The molecule has 1 aromatic carbocycles. The van der Waals surface area contributed by atoms with Crippen molar-refractivity contribution in [1.82, 2.24) is 4.90 Å². The van der Waals surface area contributed by atoms with Gasteiger partial charge >= 0.3 is 0 Å². The molecule has 2 aliphatic heterocycles. The van der Waals surface area contributed by atoms with Crippen LogP contribution in [0, 0.1) is 5.82 Å². The molecule has 3 atom stereocenters. The molecule has 134 valence electrons. The van der Waals surface area contributed by atoms with E-state index in [4.69, 9.17) is 26.8 Å². The molecule has 0 saturated carbocycles. The largest absolute Gasteiger partial charge is 0.370 e. The van der Waals surface area contributed by atoms with Crippen molar-refractivity contribution in [3.8, 4) is 0 Å². The summed E-state index contributed by atoms with van der Waals surface area (Å²) in [7, 11) is 0. The van der Waals surface area contributed by atoms with Gasteiger partial charge in [0.2, 0.25) is 0 Å². The maximum absolute atomic E-state index is 13.3. The Labute approximate surface area is 151 Å². The normalized spacial score (nSPS) is 27.0. The number of rotatable bonds is 3. The predicted molar refractivity (Wildman–Crippen MR) is 90.9 cm³/mol. The highest BCUT2D eigenvalue weighted by Gasteiger charge is 2.35. The van der Waals surface area contributed by atoms with E-state index >= 15 is 0 Å². The summed E-state index contributed by atoms with van der Waals surface area (Å²) in [6.45, 7) is 1.80. The van der Waals surface area contributed by atoms with Gasteiger partial charge in [0.05, 0.1) is 24.3 Å². The van der Waals surface area contributed by atoms with Crippen LogP contribution >= 0.6 is 24.0 Å². The van der Waals surface area contributed by atoms with E-state index in [1.807, 2.05) is 0 Å². The van der Waals surface area contributed by atoms with E-state index in [1.165, 1.54) is 6.07 Å². The molecule has 3 rings (SSSR count). The zero-order valence-corrected chi connectivity index (χ0v) is 14.7. The lowest BCUT2D eigenvalue weighted by Gasteiger charge is -2.34. The highest BCUT2D eigenvalue weighted by Crippen LogP contribution is 2.28. The number of amides is 1. The quantitative estimate of drug-likeness (QED) is 0.876. The van der Waals surface area contributed by atoms with Gasteiger partial charge in [-0.15, -0.1) is 12.4 Å². The van der Waals surface area contributed by atoms with E-state index in [2.05, 4.69) is 0 Å². The molecule has 2 N–H and O–H groups in total. The first-order chi connectivity index (χ1) is 11.1. The number of halogens is 3. The van der Waals surface area contributed by atoms with E-state index in [1.54, 1.807) is 17.0 Å². The molecule has 0 radical (unpaired) electrons. The zero-order chi connectivity index (χ0) is 16.4. The Bertz CT molecular complexity index is 590.